The SMILES string of the molecule is CC(NC(=O)c1noc(C2CCCN2)n1)C1CC1. The molecule has 6 nitrogen and oxygen atoms in total. The van der Waals surface area contributed by atoms with Crippen molar-refractivity contribution >= 4 is 5.91 Å². The molecule has 0 bridgehead atoms. The molecule has 2 fully saturated rings. The quantitative estimate of drug-likeness (QED) is 0.834. The average Bonchev–Trinajstić information content (AvgIpc) is 2.89. The molecule has 2 atom stereocenters. The standard InChI is InChI=1S/C12H18N4O2/c1-7(8-4-5-8)14-11(17)10-15-12(18-16-10)9-3-2-6-13-9/h7-9,13H,2-6H2,1H3,(H,14,17). The third-order valence-electron chi connectivity index (χ3n) is 3.69. The van der Waals surface area contributed by atoms with Crippen molar-refractivity contribution in [1.29, 1.82) is 0 Å². The van der Waals surface area contributed by atoms with E-state index < -0.39 is 0 Å². The van der Waals surface area contributed by atoms with Gasteiger partial charge in [0.25, 0.3) is 11.7 Å². The van der Waals surface area contributed by atoms with Gasteiger partial charge in [0.05, 0.1) is 6.04 Å². The number of carbonyl (C=O) groups is 1. The second kappa shape index (κ2) is 4.68. The highest BCUT2D eigenvalue weighted by molar-refractivity contribution is 5.90. The number of hydrogen-bond donors (Lipinski definition) is 2. The molecular formula is C12H18N4O2. The Kier molecular flexibility index (Phi) is 3.03. The molecular weight excluding hydrogens is 232 g/mol. The molecule has 98 valence electrons. The summed E-state index contributed by atoms with van der Waals surface area (Å²) in [5.74, 6) is 1.06. The molecule has 1 aromatic heterocycles. The molecule has 1 aliphatic carbocycles. The van der Waals surface area contributed by atoms with E-state index >= 15 is 0 Å². The zero-order valence-electron chi connectivity index (χ0n) is 10.5. The van der Waals surface area contributed by atoms with Crippen molar-refractivity contribution in [2.24, 2.45) is 5.92 Å². The first kappa shape index (κ1) is 11.6. The summed E-state index contributed by atoms with van der Waals surface area (Å²) < 4.78 is 5.14. The van der Waals surface area contributed by atoms with E-state index in [1.54, 1.807) is 0 Å². The maximum absolute atomic E-state index is 11.9. The topological polar surface area (TPSA) is 80.0 Å². The van der Waals surface area contributed by atoms with Gasteiger partial charge in [-0.1, -0.05) is 5.16 Å². The van der Waals surface area contributed by atoms with Crippen LogP contribution in [0.1, 0.15) is 55.2 Å². The van der Waals surface area contributed by atoms with Gasteiger partial charge in [-0.05, 0) is 45.1 Å². The molecule has 0 radical (unpaired) electrons. The van der Waals surface area contributed by atoms with Crippen molar-refractivity contribution in [2.75, 3.05) is 6.54 Å². The van der Waals surface area contributed by atoms with Gasteiger partial charge in [-0.15, -0.1) is 0 Å². The van der Waals surface area contributed by atoms with Gasteiger partial charge in [-0.25, -0.2) is 0 Å². The van der Waals surface area contributed by atoms with E-state index in [9.17, 15) is 4.79 Å². The van der Waals surface area contributed by atoms with E-state index in [1.807, 2.05) is 6.92 Å². The highest BCUT2D eigenvalue weighted by Gasteiger charge is 2.30. The Labute approximate surface area is 106 Å². The molecule has 18 heavy (non-hydrogen) atoms. The molecule has 1 aliphatic heterocycles. The van der Waals surface area contributed by atoms with Gasteiger partial charge < -0.3 is 15.2 Å². The van der Waals surface area contributed by atoms with Crippen molar-refractivity contribution in [3.63, 3.8) is 0 Å². The Hall–Kier alpha value is -1.43. The Morgan fingerprint density at radius 3 is 3.00 bits per heavy atom. The summed E-state index contributed by atoms with van der Waals surface area (Å²) in [5.41, 5.74) is 0. The fourth-order valence-electron chi connectivity index (χ4n) is 2.35. The van der Waals surface area contributed by atoms with Crippen molar-refractivity contribution in [1.82, 2.24) is 20.8 Å². The summed E-state index contributed by atoms with van der Waals surface area (Å²) in [5, 5.41) is 9.94. The van der Waals surface area contributed by atoms with Crippen molar-refractivity contribution in [3.8, 4) is 0 Å². The van der Waals surface area contributed by atoms with Crippen LogP contribution < -0.4 is 10.6 Å². The lowest BCUT2D eigenvalue weighted by molar-refractivity contribution is 0.0922. The van der Waals surface area contributed by atoms with E-state index in [2.05, 4.69) is 20.8 Å². The lowest BCUT2D eigenvalue weighted by atomic mass is 10.2. The Bertz CT molecular complexity index is 435. The number of rotatable bonds is 4. The third kappa shape index (κ3) is 2.38. The normalized spacial score (nSPS) is 25.1. The van der Waals surface area contributed by atoms with Crippen LogP contribution in [-0.2, 0) is 0 Å². The number of carbonyl (C=O) groups excluding carboxylic acids is 1. The van der Waals surface area contributed by atoms with Crippen LogP contribution in [0.2, 0.25) is 0 Å². The minimum atomic E-state index is -0.234. The monoisotopic (exact) mass is 250 g/mol. The van der Waals surface area contributed by atoms with E-state index in [-0.39, 0.29) is 23.8 Å². The largest absolute Gasteiger partial charge is 0.346 e. The molecule has 0 aromatic carbocycles. The highest BCUT2D eigenvalue weighted by Crippen LogP contribution is 2.32. The minimum absolute atomic E-state index is 0.111. The van der Waals surface area contributed by atoms with E-state index in [0.717, 1.165) is 19.4 Å². The maximum Gasteiger partial charge on any atom is 0.292 e. The van der Waals surface area contributed by atoms with Crippen LogP contribution in [0.5, 0.6) is 0 Å². The Balaban J connectivity index is 1.62. The molecule has 6 heteroatoms. The minimum Gasteiger partial charge on any atom is -0.346 e. The summed E-state index contributed by atoms with van der Waals surface area (Å²) in [4.78, 5) is 16.1. The highest BCUT2D eigenvalue weighted by atomic mass is 16.5. The molecule has 2 unspecified atom stereocenters. The second-order valence-corrected chi connectivity index (χ2v) is 5.20. The average molecular weight is 250 g/mol. The molecule has 2 N–H and O–H groups in total. The van der Waals surface area contributed by atoms with Crippen LogP contribution >= 0.6 is 0 Å². The van der Waals surface area contributed by atoms with Crippen LogP contribution in [0.4, 0.5) is 0 Å². The Morgan fingerprint density at radius 2 is 2.33 bits per heavy atom. The lowest BCUT2D eigenvalue weighted by Crippen LogP contribution is -2.34. The number of amides is 1. The molecule has 2 aliphatic rings. The third-order valence-corrected chi connectivity index (χ3v) is 3.69. The first-order chi connectivity index (χ1) is 8.74. The molecule has 3 rings (SSSR count). The predicted octanol–water partition coefficient (Wildman–Crippen LogP) is 1.02. The fourth-order valence-corrected chi connectivity index (χ4v) is 2.35. The first-order valence-corrected chi connectivity index (χ1v) is 6.62. The first-order valence-electron chi connectivity index (χ1n) is 6.62. The van der Waals surface area contributed by atoms with Crippen molar-refractivity contribution < 1.29 is 9.32 Å². The second-order valence-electron chi connectivity index (χ2n) is 5.20. The van der Waals surface area contributed by atoms with Gasteiger partial charge in [0.15, 0.2) is 0 Å². The molecule has 0 spiro atoms. The number of aromatic nitrogens is 2. The smallest absolute Gasteiger partial charge is 0.292 e. The van der Waals surface area contributed by atoms with E-state index in [4.69, 9.17) is 4.52 Å². The van der Waals surface area contributed by atoms with Gasteiger partial charge in [-0.3, -0.25) is 4.79 Å². The maximum atomic E-state index is 11.9. The van der Waals surface area contributed by atoms with Crippen LogP contribution in [0.3, 0.4) is 0 Å². The summed E-state index contributed by atoms with van der Waals surface area (Å²) >= 11 is 0. The van der Waals surface area contributed by atoms with Gasteiger partial charge in [0.2, 0.25) is 5.89 Å². The summed E-state index contributed by atoms with van der Waals surface area (Å²) in [6.45, 7) is 2.99. The predicted molar refractivity (Wildman–Crippen MR) is 63.9 cm³/mol. The van der Waals surface area contributed by atoms with Crippen LogP contribution in [-0.4, -0.2) is 28.6 Å². The zero-order chi connectivity index (χ0) is 12.5. The van der Waals surface area contributed by atoms with E-state index in [1.165, 1.54) is 12.8 Å². The molecule has 1 saturated carbocycles. The Morgan fingerprint density at radius 1 is 1.50 bits per heavy atom. The number of nitrogens with one attached hydrogen (secondary N) is 2. The zero-order valence-corrected chi connectivity index (χ0v) is 10.5. The van der Waals surface area contributed by atoms with Gasteiger partial charge in [0.1, 0.15) is 0 Å². The molecule has 2 heterocycles. The molecule has 1 aromatic rings. The summed E-state index contributed by atoms with van der Waals surface area (Å²) in [6, 6.07) is 0.309. The van der Waals surface area contributed by atoms with Crippen molar-refractivity contribution in [3.05, 3.63) is 11.7 Å². The molecule has 1 amide bonds. The van der Waals surface area contributed by atoms with Crippen LogP contribution in [0, 0.1) is 5.92 Å². The van der Waals surface area contributed by atoms with Crippen molar-refractivity contribution in [2.45, 2.75) is 44.7 Å². The van der Waals surface area contributed by atoms with Gasteiger partial charge in [-0.2, -0.15) is 4.98 Å². The van der Waals surface area contributed by atoms with Crippen LogP contribution in [0.15, 0.2) is 4.52 Å². The number of nitrogens with zero attached hydrogens (tertiary/aromatic N) is 2. The summed E-state index contributed by atoms with van der Waals surface area (Å²) in [6.07, 6.45) is 4.49. The summed E-state index contributed by atoms with van der Waals surface area (Å²) in [7, 11) is 0. The van der Waals surface area contributed by atoms with Gasteiger partial charge in [0, 0.05) is 6.04 Å². The fraction of sp³-hybridized carbons (Fsp3) is 0.750. The van der Waals surface area contributed by atoms with Gasteiger partial charge >= 0.3 is 0 Å². The van der Waals surface area contributed by atoms with E-state index in [0.29, 0.717) is 11.8 Å². The lowest BCUT2D eigenvalue weighted by Gasteiger charge is -2.10. The molecule has 1 saturated heterocycles. The van der Waals surface area contributed by atoms with Crippen LogP contribution in [0.25, 0.3) is 0 Å². The number of hydrogen-bond acceptors (Lipinski definition) is 5.